The maximum atomic E-state index is 5.63. The third kappa shape index (κ3) is 2.21. The van der Waals surface area contributed by atoms with Crippen molar-refractivity contribution in [3.8, 4) is 0 Å². The fourth-order valence-electron chi connectivity index (χ4n) is 1.24. The molecule has 1 aromatic heterocycles. The van der Waals surface area contributed by atoms with E-state index in [1.54, 1.807) is 17.1 Å². The van der Waals surface area contributed by atoms with Gasteiger partial charge in [-0.2, -0.15) is 0 Å². The summed E-state index contributed by atoms with van der Waals surface area (Å²) in [5.74, 6) is 0.163. The summed E-state index contributed by atoms with van der Waals surface area (Å²) < 4.78 is 12.7. The first-order valence-corrected chi connectivity index (χ1v) is 4.91. The van der Waals surface area contributed by atoms with Crippen LogP contribution < -0.4 is 0 Å². The Hall–Kier alpha value is -1.27. The van der Waals surface area contributed by atoms with Gasteiger partial charge in [0, 0.05) is 0 Å². The average Bonchev–Trinajstić information content (AvgIpc) is 2.70. The molecule has 1 aliphatic rings. The summed E-state index contributed by atoms with van der Waals surface area (Å²) in [6.45, 7) is 4.60. The summed E-state index contributed by atoms with van der Waals surface area (Å²) in [7, 11) is 0. The highest BCUT2D eigenvalue weighted by molar-refractivity contribution is 5.84. The van der Waals surface area contributed by atoms with E-state index in [-0.39, 0.29) is 0 Å². The average molecular weight is 210 g/mol. The Labute approximate surface area is 87.9 Å². The van der Waals surface area contributed by atoms with Crippen LogP contribution in [-0.4, -0.2) is 40.0 Å². The minimum atomic E-state index is -0.550. The van der Waals surface area contributed by atoms with Crippen LogP contribution >= 0.6 is 0 Å². The van der Waals surface area contributed by atoms with Crippen LogP contribution in [0.15, 0.2) is 17.4 Å². The molecule has 1 aliphatic heterocycles. The van der Waals surface area contributed by atoms with E-state index in [9.17, 15) is 0 Å². The van der Waals surface area contributed by atoms with Crippen molar-refractivity contribution in [3.05, 3.63) is 12.4 Å². The second-order valence-corrected chi connectivity index (χ2v) is 3.47. The molecule has 1 atom stereocenters. The molecule has 0 radical (unpaired) electrons. The zero-order valence-electron chi connectivity index (χ0n) is 8.88. The van der Waals surface area contributed by atoms with Crippen LogP contribution in [0.5, 0.6) is 0 Å². The molecule has 0 amide bonds. The Morgan fingerprint density at radius 1 is 1.53 bits per heavy atom. The molecule has 0 saturated heterocycles. The van der Waals surface area contributed by atoms with Gasteiger partial charge in [0.1, 0.15) is 13.3 Å². The van der Waals surface area contributed by atoms with Gasteiger partial charge in [0.2, 0.25) is 0 Å². The van der Waals surface area contributed by atoms with Crippen molar-refractivity contribution in [2.45, 2.75) is 26.1 Å². The van der Waals surface area contributed by atoms with Crippen LogP contribution in [0.25, 0.3) is 0 Å². The molecule has 2 heterocycles. The Kier molecular flexibility index (Phi) is 2.79. The van der Waals surface area contributed by atoms with Gasteiger partial charge in [0.05, 0.1) is 12.4 Å². The molecule has 0 spiro atoms. The largest absolute Gasteiger partial charge is 0.342 e. The molecule has 15 heavy (non-hydrogen) atoms. The first-order chi connectivity index (χ1) is 7.23. The van der Waals surface area contributed by atoms with Crippen molar-refractivity contribution in [3.63, 3.8) is 0 Å². The van der Waals surface area contributed by atoms with Crippen LogP contribution in [0.1, 0.15) is 20.3 Å². The van der Waals surface area contributed by atoms with Crippen molar-refractivity contribution in [2.24, 2.45) is 4.99 Å². The summed E-state index contributed by atoms with van der Waals surface area (Å²) in [6.07, 6.45) is 4.12. The van der Waals surface area contributed by atoms with Crippen molar-refractivity contribution in [2.75, 3.05) is 13.3 Å². The van der Waals surface area contributed by atoms with Gasteiger partial charge < -0.3 is 9.47 Å². The van der Waals surface area contributed by atoms with Gasteiger partial charge in [-0.1, -0.05) is 12.1 Å². The van der Waals surface area contributed by atoms with E-state index >= 15 is 0 Å². The lowest BCUT2D eigenvalue weighted by atomic mass is 10.2. The number of nitrogens with zero attached hydrogens (tertiary/aromatic N) is 4. The summed E-state index contributed by atoms with van der Waals surface area (Å²) in [4.78, 5) is 4.24. The number of ether oxygens (including phenoxy) is 2. The minimum absolute atomic E-state index is 0.291. The molecule has 0 bridgehead atoms. The smallest absolute Gasteiger partial charge is 0.168 e. The quantitative estimate of drug-likeness (QED) is 0.683. The summed E-state index contributed by atoms with van der Waals surface area (Å²) in [5.41, 5.74) is 0. The van der Waals surface area contributed by atoms with E-state index in [1.165, 1.54) is 0 Å². The Balaban J connectivity index is 2.09. The second-order valence-electron chi connectivity index (χ2n) is 3.47. The van der Waals surface area contributed by atoms with Crippen molar-refractivity contribution < 1.29 is 9.47 Å². The SMILES string of the molecule is CCC1(C)OCN=C(n2ccnn2)CO1. The summed E-state index contributed by atoms with van der Waals surface area (Å²) in [6, 6.07) is 0. The standard InChI is InChI=1S/C9H14N4O2/c1-3-9(2)14-6-8(10-7-15-9)13-5-4-11-12-13/h4-5H,3,6-7H2,1-2H3. The number of rotatable bonds is 1. The maximum Gasteiger partial charge on any atom is 0.168 e. The summed E-state index contributed by atoms with van der Waals surface area (Å²) in [5, 5.41) is 7.58. The van der Waals surface area contributed by atoms with Crippen molar-refractivity contribution >= 4 is 5.84 Å². The molecule has 2 rings (SSSR count). The van der Waals surface area contributed by atoms with Gasteiger partial charge >= 0.3 is 0 Å². The van der Waals surface area contributed by atoms with Crippen LogP contribution in [-0.2, 0) is 9.47 Å². The lowest BCUT2D eigenvalue weighted by Gasteiger charge is -2.25. The lowest BCUT2D eigenvalue weighted by molar-refractivity contribution is -0.212. The first kappa shape index (κ1) is 10.3. The molecule has 1 aromatic rings. The van der Waals surface area contributed by atoms with Gasteiger partial charge in [-0.15, -0.1) is 5.10 Å². The van der Waals surface area contributed by atoms with E-state index in [0.29, 0.717) is 19.2 Å². The highest BCUT2D eigenvalue weighted by Gasteiger charge is 2.26. The van der Waals surface area contributed by atoms with Crippen molar-refractivity contribution in [1.82, 2.24) is 15.0 Å². The Morgan fingerprint density at radius 2 is 2.40 bits per heavy atom. The zero-order valence-corrected chi connectivity index (χ0v) is 8.88. The van der Waals surface area contributed by atoms with E-state index in [0.717, 1.165) is 6.42 Å². The normalized spacial score (nSPS) is 27.2. The predicted molar refractivity (Wildman–Crippen MR) is 53.5 cm³/mol. The number of aromatic nitrogens is 3. The van der Waals surface area contributed by atoms with Crippen molar-refractivity contribution in [1.29, 1.82) is 0 Å². The van der Waals surface area contributed by atoms with Crippen LogP contribution in [0, 0.1) is 0 Å². The topological polar surface area (TPSA) is 61.5 Å². The first-order valence-electron chi connectivity index (χ1n) is 4.91. The Morgan fingerprint density at radius 3 is 3.07 bits per heavy atom. The molecule has 0 aromatic carbocycles. The fraction of sp³-hybridized carbons (Fsp3) is 0.667. The molecule has 6 heteroatoms. The van der Waals surface area contributed by atoms with Gasteiger partial charge in [-0.3, -0.25) is 0 Å². The van der Waals surface area contributed by atoms with Gasteiger partial charge in [0.15, 0.2) is 11.6 Å². The van der Waals surface area contributed by atoms with Gasteiger partial charge in [-0.05, 0) is 13.3 Å². The molecule has 82 valence electrons. The molecule has 0 fully saturated rings. The highest BCUT2D eigenvalue weighted by atomic mass is 16.7. The number of hydrogen-bond donors (Lipinski definition) is 0. The molecule has 0 aliphatic carbocycles. The van der Waals surface area contributed by atoms with E-state index in [2.05, 4.69) is 15.3 Å². The van der Waals surface area contributed by atoms with Crippen LogP contribution in [0.4, 0.5) is 0 Å². The van der Waals surface area contributed by atoms with E-state index < -0.39 is 5.79 Å². The minimum Gasteiger partial charge on any atom is -0.342 e. The third-order valence-electron chi connectivity index (χ3n) is 2.45. The number of hydrogen-bond acceptors (Lipinski definition) is 5. The molecule has 0 saturated carbocycles. The molecular weight excluding hydrogens is 196 g/mol. The predicted octanol–water partition coefficient (Wildman–Crippen LogP) is 0.655. The fourth-order valence-corrected chi connectivity index (χ4v) is 1.24. The van der Waals surface area contributed by atoms with E-state index in [1.807, 2.05) is 13.8 Å². The molecular formula is C9H14N4O2. The van der Waals surface area contributed by atoms with Gasteiger partial charge in [0.25, 0.3) is 0 Å². The molecule has 1 unspecified atom stereocenters. The highest BCUT2D eigenvalue weighted by Crippen LogP contribution is 2.18. The third-order valence-corrected chi connectivity index (χ3v) is 2.45. The second kappa shape index (κ2) is 4.08. The Bertz CT molecular complexity index is 349. The monoisotopic (exact) mass is 210 g/mol. The van der Waals surface area contributed by atoms with Crippen LogP contribution in [0.2, 0.25) is 0 Å². The number of aliphatic imine (C=N–C) groups is 1. The van der Waals surface area contributed by atoms with Gasteiger partial charge in [-0.25, -0.2) is 9.67 Å². The molecule has 6 nitrogen and oxygen atoms in total. The van der Waals surface area contributed by atoms with Crippen LogP contribution in [0.3, 0.4) is 0 Å². The maximum absolute atomic E-state index is 5.63. The zero-order chi connectivity index (χ0) is 10.7. The molecule has 0 N–H and O–H groups in total. The lowest BCUT2D eigenvalue weighted by Crippen LogP contribution is -2.32. The van der Waals surface area contributed by atoms with E-state index in [4.69, 9.17) is 9.47 Å². The summed E-state index contributed by atoms with van der Waals surface area (Å²) >= 11 is 0.